The number of hydrogen-bond acceptors (Lipinski definition) is 3. The van der Waals surface area contributed by atoms with Crippen LogP contribution in [0.2, 0.25) is 0 Å². The highest BCUT2D eigenvalue weighted by atomic mass is 16.3. The van der Waals surface area contributed by atoms with E-state index in [2.05, 4.69) is 68.4 Å². The van der Waals surface area contributed by atoms with Crippen LogP contribution < -0.4 is 5.32 Å². The second kappa shape index (κ2) is 8.08. The van der Waals surface area contributed by atoms with Gasteiger partial charge in [0.05, 0.1) is 12.0 Å². The van der Waals surface area contributed by atoms with Gasteiger partial charge in [0.2, 0.25) is 0 Å². The summed E-state index contributed by atoms with van der Waals surface area (Å²) in [5.74, 6) is 1.56. The predicted octanol–water partition coefficient (Wildman–Crippen LogP) is 6.48. The minimum absolute atomic E-state index is 0.373. The molecule has 0 spiro atoms. The number of likely N-dealkylation sites (tertiary alicyclic amines) is 1. The number of nitrogens with one attached hydrogen (secondary N) is 1. The Bertz CT molecular complexity index is 775. The van der Waals surface area contributed by atoms with Crippen molar-refractivity contribution in [2.24, 2.45) is 11.3 Å². The number of piperidine rings is 1. The first-order valence-corrected chi connectivity index (χ1v) is 10.0. The van der Waals surface area contributed by atoms with Gasteiger partial charge in [-0.1, -0.05) is 52.5 Å². The van der Waals surface area contributed by atoms with E-state index in [4.69, 9.17) is 4.42 Å². The zero-order valence-corrected chi connectivity index (χ0v) is 16.9. The van der Waals surface area contributed by atoms with Crippen LogP contribution in [0.4, 0.5) is 5.69 Å². The van der Waals surface area contributed by atoms with Crippen LogP contribution >= 0.6 is 0 Å². The normalized spacial score (nSPS) is 22.5. The molecule has 2 unspecified atom stereocenters. The number of benzene rings is 1. The molecule has 3 nitrogen and oxygen atoms in total. The lowest BCUT2D eigenvalue weighted by molar-refractivity contribution is 0.0665. The molecule has 0 aliphatic carbocycles. The largest absolute Gasteiger partial charge is 0.463 e. The Balaban J connectivity index is 1.66. The Kier molecular flexibility index (Phi) is 5.79. The highest BCUT2D eigenvalue weighted by Crippen LogP contribution is 2.42. The van der Waals surface area contributed by atoms with Gasteiger partial charge in [-0.15, -0.1) is 0 Å². The minimum atomic E-state index is 0.373. The van der Waals surface area contributed by atoms with Gasteiger partial charge in [-0.25, -0.2) is 0 Å². The van der Waals surface area contributed by atoms with Gasteiger partial charge < -0.3 is 14.6 Å². The summed E-state index contributed by atoms with van der Waals surface area (Å²) >= 11 is 0. The molecule has 1 saturated heterocycles. The quantitative estimate of drug-likeness (QED) is 0.609. The first kappa shape index (κ1) is 19.3. The zero-order valence-electron chi connectivity index (χ0n) is 16.9. The van der Waals surface area contributed by atoms with Crippen molar-refractivity contribution in [3.63, 3.8) is 0 Å². The van der Waals surface area contributed by atoms with E-state index in [1.165, 1.54) is 24.8 Å². The Morgan fingerprint density at radius 1 is 1.22 bits per heavy atom. The Hall–Kier alpha value is -2.42. The number of anilines is 1. The molecule has 0 radical (unpaired) electrons. The Labute approximate surface area is 163 Å². The summed E-state index contributed by atoms with van der Waals surface area (Å²) in [6.07, 6.45) is 5.39. The van der Waals surface area contributed by atoms with Crippen LogP contribution in [0.5, 0.6) is 0 Å². The Morgan fingerprint density at radius 3 is 2.56 bits per heavy atom. The van der Waals surface area contributed by atoms with Crippen molar-refractivity contribution < 1.29 is 4.42 Å². The molecule has 2 atom stereocenters. The van der Waals surface area contributed by atoms with E-state index in [-0.39, 0.29) is 0 Å². The van der Waals surface area contributed by atoms with E-state index in [9.17, 15) is 0 Å². The minimum Gasteiger partial charge on any atom is -0.463 e. The van der Waals surface area contributed by atoms with E-state index in [1.54, 1.807) is 6.26 Å². The van der Waals surface area contributed by atoms with Crippen molar-refractivity contribution in [2.75, 3.05) is 18.4 Å². The highest BCUT2D eigenvalue weighted by Gasteiger charge is 2.37. The number of furan rings is 1. The van der Waals surface area contributed by atoms with Crippen LogP contribution in [-0.2, 0) is 0 Å². The fourth-order valence-corrected chi connectivity index (χ4v) is 4.25. The average molecular weight is 365 g/mol. The van der Waals surface area contributed by atoms with E-state index in [0.29, 0.717) is 5.41 Å². The zero-order chi connectivity index (χ0) is 19.4. The molecule has 1 N–H and O–H groups in total. The van der Waals surface area contributed by atoms with E-state index in [1.807, 2.05) is 12.1 Å². The SMILES string of the molecule is C=C(Nc1ccc(C(=C)N2CCC(CC)C(C)(CC)C2)cc1)c1ccco1. The van der Waals surface area contributed by atoms with Gasteiger partial charge >= 0.3 is 0 Å². The van der Waals surface area contributed by atoms with Crippen molar-refractivity contribution in [2.45, 2.75) is 40.0 Å². The molecule has 1 aliphatic heterocycles. The van der Waals surface area contributed by atoms with Crippen molar-refractivity contribution in [3.05, 3.63) is 67.1 Å². The molecule has 27 heavy (non-hydrogen) atoms. The number of hydrogen-bond donors (Lipinski definition) is 1. The molecule has 0 saturated carbocycles. The molecule has 2 aromatic rings. The van der Waals surface area contributed by atoms with Gasteiger partial charge in [-0.3, -0.25) is 0 Å². The number of rotatable bonds is 7. The van der Waals surface area contributed by atoms with Gasteiger partial charge in [0.15, 0.2) is 0 Å². The molecule has 1 aliphatic rings. The Morgan fingerprint density at radius 2 is 1.96 bits per heavy atom. The average Bonchev–Trinajstić information content (AvgIpc) is 3.23. The summed E-state index contributed by atoms with van der Waals surface area (Å²) in [5.41, 5.74) is 4.43. The third-order valence-corrected chi connectivity index (χ3v) is 6.30. The third-order valence-electron chi connectivity index (χ3n) is 6.30. The van der Waals surface area contributed by atoms with Gasteiger partial charge in [0, 0.05) is 24.5 Å². The summed E-state index contributed by atoms with van der Waals surface area (Å²) in [6.45, 7) is 17.7. The fourth-order valence-electron chi connectivity index (χ4n) is 4.25. The van der Waals surface area contributed by atoms with Crippen LogP contribution in [0.1, 0.15) is 51.4 Å². The smallest absolute Gasteiger partial charge is 0.149 e. The van der Waals surface area contributed by atoms with Crippen molar-refractivity contribution >= 4 is 17.1 Å². The lowest BCUT2D eigenvalue weighted by Gasteiger charge is -2.47. The molecule has 1 aromatic heterocycles. The van der Waals surface area contributed by atoms with Gasteiger partial charge in [0.25, 0.3) is 0 Å². The topological polar surface area (TPSA) is 28.4 Å². The lowest BCUT2D eigenvalue weighted by Crippen LogP contribution is -2.45. The summed E-state index contributed by atoms with van der Waals surface area (Å²) < 4.78 is 5.37. The maximum absolute atomic E-state index is 5.37. The van der Waals surface area contributed by atoms with Crippen molar-refractivity contribution in [1.29, 1.82) is 0 Å². The molecule has 2 heterocycles. The van der Waals surface area contributed by atoms with Crippen LogP contribution in [-0.4, -0.2) is 18.0 Å². The van der Waals surface area contributed by atoms with E-state index < -0.39 is 0 Å². The summed E-state index contributed by atoms with van der Waals surface area (Å²) in [6, 6.07) is 12.2. The molecule has 144 valence electrons. The van der Waals surface area contributed by atoms with Crippen molar-refractivity contribution in [3.8, 4) is 0 Å². The van der Waals surface area contributed by atoms with Crippen molar-refractivity contribution in [1.82, 2.24) is 4.90 Å². The second-order valence-electron chi connectivity index (χ2n) is 7.93. The van der Waals surface area contributed by atoms with Crippen LogP contribution in [0.25, 0.3) is 11.4 Å². The molecular weight excluding hydrogens is 332 g/mol. The maximum Gasteiger partial charge on any atom is 0.149 e. The molecular formula is C24H32N2O. The maximum atomic E-state index is 5.37. The first-order chi connectivity index (χ1) is 13.0. The fraction of sp³-hybridized carbons (Fsp3) is 0.417. The molecule has 0 bridgehead atoms. The standard InChI is InChI=1S/C24H32N2O/c1-6-21-14-15-26(17-24(21,5)7-2)19(4)20-10-12-22(13-11-20)25-18(3)23-9-8-16-27-23/h8-13,16,21,25H,3-4,6-7,14-15,17H2,1-2,5H3. The summed E-state index contributed by atoms with van der Waals surface area (Å²) in [4.78, 5) is 2.47. The van der Waals surface area contributed by atoms with E-state index in [0.717, 1.165) is 41.8 Å². The molecule has 1 fully saturated rings. The van der Waals surface area contributed by atoms with E-state index >= 15 is 0 Å². The number of nitrogens with zero attached hydrogens (tertiary/aromatic N) is 1. The highest BCUT2D eigenvalue weighted by molar-refractivity contribution is 5.73. The van der Waals surface area contributed by atoms with Crippen LogP contribution in [0, 0.1) is 11.3 Å². The van der Waals surface area contributed by atoms with Crippen LogP contribution in [0.3, 0.4) is 0 Å². The lowest BCUT2D eigenvalue weighted by atomic mass is 9.69. The summed E-state index contributed by atoms with van der Waals surface area (Å²) in [5, 5.41) is 3.29. The van der Waals surface area contributed by atoms with Crippen LogP contribution in [0.15, 0.2) is 60.2 Å². The van der Waals surface area contributed by atoms with Gasteiger partial charge in [0.1, 0.15) is 5.76 Å². The molecule has 3 rings (SSSR count). The third kappa shape index (κ3) is 4.13. The second-order valence-corrected chi connectivity index (χ2v) is 7.93. The van der Waals surface area contributed by atoms with Gasteiger partial charge in [-0.2, -0.15) is 0 Å². The van der Waals surface area contributed by atoms with Gasteiger partial charge in [-0.05, 0) is 54.0 Å². The first-order valence-electron chi connectivity index (χ1n) is 10.0. The molecule has 1 aromatic carbocycles. The monoisotopic (exact) mass is 364 g/mol. The predicted molar refractivity (Wildman–Crippen MR) is 115 cm³/mol. The summed E-state index contributed by atoms with van der Waals surface area (Å²) in [7, 11) is 0. The molecule has 3 heteroatoms. The molecule has 0 amide bonds.